The van der Waals surface area contributed by atoms with Crippen molar-refractivity contribution in [2.24, 2.45) is 0 Å². The van der Waals surface area contributed by atoms with Crippen molar-refractivity contribution in [3.63, 3.8) is 0 Å². The average molecular weight is 192 g/mol. The van der Waals surface area contributed by atoms with Gasteiger partial charge >= 0.3 is 0 Å². The number of aliphatic hydroxyl groups is 1. The molecule has 12 heavy (non-hydrogen) atoms. The Morgan fingerprint density at radius 1 is 1.75 bits per heavy atom. The Balaban J connectivity index is 2.23. The Kier molecular flexibility index (Phi) is 2.13. The van der Waals surface area contributed by atoms with Crippen molar-refractivity contribution in [1.29, 1.82) is 0 Å². The summed E-state index contributed by atoms with van der Waals surface area (Å²) >= 11 is 0. The van der Waals surface area contributed by atoms with Gasteiger partial charge in [0.15, 0.2) is 0 Å². The van der Waals surface area contributed by atoms with Gasteiger partial charge in [0.05, 0.1) is 19.3 Å². The van der Waals surface area contributed by atoms with Crippen LogP contribution in [0.5, 0.6) is 0 Å². The fourth-order valence-corrected chi connectivity index (χ4v) is 2.40. The summed E-state index contributed by atoms with van der Waals surface area (Å²) in [6, 6.07) is 0. The summed E-state index contributed by atoms with van der Waals surface area (Å²) in [6.45, 7) is 2.31. The largest absolute Gasteiger partial charge is 0.393 e. The Morgan fingerprint density at radius 3 is 2.92 bits per heavy atom. The molecule has 4 nitrogen and oxygen atoms in total. The lowest BCUT2D eigenvalue weighted by Gasteiger charge is -2.27. The van der Waals surface area contributed by atoms with Crippen LogP contribution in [-0.4, -0.2) is 42.2 Å². The molecular formula is C7H13O4P. The van der Waals surface area contributed by atoms with E-state index in [9.17, 15) is 0 Å². The quantitative estimate of drug-likeness (QED) is 0.611. The van der Waals surface area contributed by atoms with Gasteiger partial charge in [-0.25, -0.2) is 0 Å². The molecule has 5 heteroatoms. The third kappa shape index (κ3) is 0.963. The summed E-state index contributed by atoms with van der Waals surface area (Å²) in [5.74, 6) is 0. The van der Waals surface area contributed by atoms with Crippen LogP contribution in [0.2, 0.25) is 0 Å². The zero-order valence-electron chi connectivity index (χ0n) is 6.90. The van der Waals surface area contributed by atoms with E-state index in [1.807, 2.05) is 6.92 Å². The van der Waals surface area contributed by atoms with Crippen molar-refractivity contribution in [2.45, 2.75) is 30.8 Å². The van der Waals surface area contributed by atoms with E-state index in [1.165, 1.54) is 0 Å². The molecular weight excluding hydrogens is 179 g/mol. The van der Waals surface area contributed by atoms with E-state index in [0.717, 1.165) is 0 Å². The predicted octanol–water partition coefficient (Wildman–Crippen LogP) is -0.290. The maximum absolute atomic E-state index is 9.17. The molecule has 0 aromatic carbocycles. The van der Waals surface area contributed by atoms with Crippen LogP contribution in [0.25, 0.3) is 0 Å². The first-order chi connectivity index (χ1) is 5.73. The molecule has 2 rings (SSSR count). The van der Waals surface area contributed by atoms with Gasteiger partial charge in [0.2, 0.25) is 0 Å². The highest BCUT2D eigenvalue weighted by Crippen LogP contribution is 2.42. The van der Waals surface area contributed by atoms with Gasteiger partial charge in [0.1, 0.15) is 17.8 Å². The molecule has 0 aromatic heterocycles. The van der Waals surface area contributed by atoms with E-state index in [4.69, 9.17) is 19.1 Å². The summed E-state index contributed by atoms with van der Waals surface area (Å²) in [6.07, 6.45) is -0.173. The molecule has 0 saturated carbocycles. The number of hydrogen-bond acceptors (Lipinski definition) is 4. The molecule has 2 fully saturated rings. The molecule has 2 aliphatic heterocycles. The number of rotatable bonds is 2. The normalized spacial score (nSPS) is 51.8. The van der Waals surface area contributed by atoms with Crippen molar-refractivity contribution < 1.29 is 19.1 Å². The minimum Gasteiger partial charge on any atom is -0.393 e. The third-order valence-corrected chi connectivity index (χ3v) is 2.93. The topological polar surface area (TPSA) is 47.9 Å². The van der Waals surface area contributed by atoms with E-state index >= 15 is 0 Å². The molecule has 70 valence electrons. The SMILES string of the molecule is CC1OC2(CO)CO[C@@H]1[C@@H]2OP. The van der Waals surface area contributed by atoms with Crippen LogP contribution in [0.4, 0.5) is 0 Å². The summed E-state index contributed by atoms with van der Waals surface area (Å²) in [7, 11) is 2.20. The molecule has 5 atom stereocenters. The molecule has 2 saturated heterocycles. The summed E-state index contributed by atoms with van der Waals surface area (Å²) in [5, 5.41) is 9.17. The molecule has 0 spiro atoms. The van der Waals surface area contributed by atoms with Crippen LogP contribution in [0.15, 0.2) is 0 Å². The lowest BCUT2D eigenvalue weighted by molar-refractivity contribution is -0.153. The highest BCUT2D eigenvalue weighted by molar-refractivity contribution is 7.09. The fraction of sp³-hybridized carbons (Fsp3) is 1.00. The van der Waals surface area contributed by atoms with Crippen LogP contribution in [-0.2, 0) is 14.0 Å². The smallest absolute Gasteiger partial charge is 0.144 e. The first kappa shape index (κ1) is 8.85. The summed E-state index contributed by atoms with van der Waals surface area (Å²) in [5.41, 5.74) is -0.619. The third-order valence-electron chi connectivity index (χ3n) is 2.63. The zero-order chi connectivity index (χ0) is 8.77. The fourth-order valence-electron chi connectivity index (χ4n) is 2.00. The van der Waals surface area contributed by atoms with E-state index in [1.54, 1.807) is 0 Å². The average Bonchev–Trinajstić information content (AvgIpc) is 2.56. The Hall–Kier alpha value is 0.270. The molecule has 2 heterocycles. The van der Waals surface area contributed by atoms with Crippen molar-refractivity contribution in [1.82, 2.24) is 0 Å². The lowest BCUT2D eigenvalue weighted by Crippen LogP contribution is -2.44. The Bertz CT molecular complexity index is 188. The monoisotopic (exact) mass is 192 g/mol. The molecule has 0 aromatic rings. The highest BCUT2D eigenvalue weighted by atomic mass is 31.0. The van der Waals surface area contributed by atoms with Gasteiger partial charge in [-0.15, -0.1) is 0 Å². The second-order valence-corrected chi connectivity index (χ2v) is 3.65. The van der Waals surface area contributed by atoms with E-state index in [-0.39, 0.29) is 24.9 Å². The summed E-state index contributed by atoms with van der Waals surface area (Å²) < 4.78 is 16.2. The number of fused-ring (bicyclic) bond motifs is 2. The number of ether oxygens (including phenoxy) is 2. The van der Waals surface area contributed by atoms with Crippen LogP contribution >= 0.6 is 9.47 Å². The molecule has 0 amide bonds. The van der Waals surface area contributed by atoms with Crippen molar-refractivity contribution in [2.75, 3.05) is 13.2 Å². The standard InChI is InChI=1S/C7H13O4P/c1-4-5-6(11-12)7(2-8,10-4)3-9-5/h4-6,8H,2-3,12H2,1H3/t4?,5-,6-,7?/m0/s1. The number of hydrogen-bond donors (Lipinski definition) is 1. The van der Waals surface area contributed by atoms with Crippen LogP contribution in [0, 0.1) is 0 Å². The first-order valence-electron chi connectivity index (χ1n) is 3.99. The second-order valence-electron chi connectivity index (χ2n) is 3.38. The molecule has 3 unspecified atom stereocenters. The molecule has 0 aliphatic carbocycles. The zero-order valence-corrected chi connectivity index (χ0v) is 8.05. The van der Waals surface area contributed by atoms with Gasteiger partial charge in [0.25, 0.3) is 0 Å². The van der Waals surface area contributed by atoms with Gasteiger partial charge < -0.3 is 19.1 Å². The van der Waals surface area contributed by atoms with Crippen LogP contribution in [0.1, 0.15) is 6.92 Å². The van der Waals surface area contributed by atoms with Gasteiger partial charge in [-0.1, -0.05) is 0 Å². The van der Waals surface area contributed by atoms with Crippen LogP contribution < -0.4 is 0 Å². The van der Waals surface area contributed by atoms with E-state index < -0.39 is 5.60 Å². The lowest BCUT2D eigenvalue weighted by atomic mass is 10.0. The number of aliphatic hydroxyl groups excluding tert-OH is 1. The van der Waals surface area contributed by atoms with E-state index in [0.29, 0.717) is 6.61 Å². The second kappa shape index (κ2) is 2.89. The highest BCUT2D eigenvalue weighted by Gasteiger charge is 2.60. The van der Waals surface area contributed by atoms with Gasteiger partial charge in [-0.3, -0.25) is 0 Å². The van der Waals surface area contributed by atoms with Crippen molar-refractivity contribution >= 4 is 9.47 Å². The van der Waals surface area contributed by atoms with Crippen molar-refractivity contribution in [3.05, 3.63) is 0 Å². The van der Waals surface area contributed by atoms with E-state index in [2.05, 4.69) is 9.47 Å². The first-order valence-corrected chi connectivity index (χ1v) is 4.46. The maximum atomic E-state index is 9.17. The summed E-state index contributed by atoms with van der Waals surface area (Å²) in [4.78, 5) is 0. The molecule has 0 radical (unpaired) electrons. The Labute approximate surface area is 73.5 Å². The Morgan fingerprint density at radius 2 is 2.50 bits per heavy atom. The molecule has 1 N–H and O–H groups in total. The molecule has 2 aliphatic rings. The minimum atomic E-state index is -0.619. The van der Waals surface area contributed by atoms with Crippen LogP contribution in [0.3, 0.4) is 0 Å². The van der Waals surface area contributed by atoms with Gasteiger partial charge in [-0.05, 0) is 6.92 Å². The van der Waals surface area contributed by atoms with Crippen molar-refractivity contribution in [3.8, 4) is 0 Å². The maximum Gasteiger partial charge on any atom is 0.144 e. The van der Waals surface area contributed by atoms with Gasteiger partial charge in [0, 0.05) is 9.47 Å². The minimum absolute atomic E-state index is 0.0106. The predicted molar refractivity (Wildman–Crippen MR) is 44.7 cm³/mol. The molecule has 2 bridgehead atoms. The van der Waals surface area contributed by atoms with Gasteiger partial charge in [-0.2, -0.15) is 0 Å².